The van der Waals surface area contributed by atoms with Gasteiger partial charge < -0.3 is 4.74 Å². The van der Waals surface area contributed by atoms with Crippen LogP contribution in [0, 0.1) is 0 Å². The van der Waals surface area contributed by atoms with Crippen molar-refractivity contribution < 1.29 is 9.53 Å². The Balaban J connectivity index is 1.68. The number of ether oxygens (including phenoxy) is 1. The summed E-state index contributed by atoms with van der Waals surface area (Å²) >= 11 is 5.06. The molecule has 26 heavy (non-hydrogen) atoms. The molecule has 0 spiro atoms. The standard InChI is InChI=1S/C20H23BrN2O2S/c1-2-3-12-25-18-10-8-16(9-11-18)13-22-23-20(24)15-26-14-17-6-4-5-7-19(17)21/h4-11,13H,2-3,12,14-15H2,1H3,(H,23,24). The van der Waals surface area contributed by atoms with E-state index in [9.17, 15) is 4.79 Å². The molecule has 0 bridgehead atoms. The molecule has 6 heteroatoms. The number of carbonyl (C=O) groups is 1. The maximum Gasteiger partial charge on any atom is 0.250 e. The van der Waals surface area contributed by atoms with Crippen LogP contribution in [0.25, 0.3) is 0 Å². The molecule has 0 saturated carbocycles. The van der Waals surface area contributed by atoms with Gasteiger partial charge in [-0.15, -0.1) is 11.8 Å². The van der Waals surface area contributed by atoms with Crippen molar-refractivity contribution in [2.24, 2.45) is 5.10 Å². The molecular weight excluding hydrogens is 412 g/mol. The van der Waals surface area contributed by atoms with Gasteiger partial charge in [0.15, 0.2) is 0 Å². The van der Waals surface area contributed by atoms with Gasteiger partial charge in [-0.25, -0.2) is 5.43 Å². The molecule has 2 aromatic rings. The molecule has 0 unspecified atom stereocenters. The van der Waals surface area contributed by atoms with Gasteiger partial charge in [0.1, 0.15) is 5.75 Å². The number of hydrazone groups is 1. The molecule has 4 nitrogen and oxygen atoms in total. The van der Waals surface area contributed by atoms with Crippen LogP contribution in [0.3, 0.4) is 0 Å². The van der Waals surface area contributed by atoms with Gasteiger partial charge in [-0.1, -0.05) is 47.5 Å². The van der Waals surface area contributed by atoms with Crippen LogP contribution >= 0.6 is 27.7 Å². The first-order valence-corrected chi connectivity index (χ1v) is 10.5. The second-order valence-corrected chi connectivity index (χ2v) is 7.49. The fraction of sp³-hybridized carbons (Fsp3) is 0.300. The molecule has 0 radical (unpaired) electrons. The summed E-state index contributed by atoms with van der Waals surface area (Å²) in [4.78, 5) is 11.8. The Kier molecular flexibility index (Phi) is 9.28. The second-order valence-electron chi connectivity index (χ2n) is 5.65. The first-order chi connectivity index (χ1) is 12.7. The third kappa shape index (κ3) is 7.62. The maximum absolute atomic E-state index is 11.8. The van der Waals surface area contributed by atoms with E-state index in [0.717, 1.165) is 41.0 Å². The van der Waals surface area contributed by atoms with Gasteiger partial charge in [0.05, 0.1) is 18.6 Å². The number of benzene rings is 2. The number of halogens is 1. The molecule has 0 heterocycles. The van der Waals surface area contributed by atoms with Crippen LogP contribution in [0.1, 0.15) is 30.9 Å². The van der Waals surface area contributed by atoms with Crippen molar-refractivity contribution in [1.29, 1.82) is 0 Å². The Labute approximate surface area is 167 Å². The van der Waals surface area contributed by atoms with Crippen molar-refractivity contribution in [2.45, 2.75) is 25.5 Å². The zero-order valence-corrected chi connectivity index (χ0v) is 17.2. The Bertz CT molecular complexity index is 720. The number of hydrogen-bond acceptors (Lipinski definition) is 4. The molecule has 2 rings (SSSR count). The highest BCUT2D eigenvalue weighted by molar-refractivity contribution is 9.10. The van der Waals surface area contributed by atoms with E-state index in [1.807, 2.05) is 48.5 Å². The summed E-state index contributed by atoms with van der Waals surface area (Å²) in [5.41, 5.74) is 4.64. The number of rotatable bonds is 10. The fourth-order valence-corrected chi connectivity index (χ4v) is 3.50. The molecule has 0 aromatic heterocycles. The lowest BCUT2D eigenvalue weighted by Crippen LogP contribution is -2.19. The van der Waals surface area contributed by atoms with Crippen molar-refractivity contribution in [2.75, 3.05) is 12.4 Å². The van der Waals surface area contributed by atoms with E-state index in [2.05, 4.69) is 33.4 Å². The highest BCUT2D eigenvalue weighted by Crippen LogP contribution is 2.21. The van der Waals surface area contributed by atoms with Gasteiger partial charge in [0.2, 0.25) is 5.91 Å². The molecule has 2 aromatic carbocycles. The molecule has 0 fully saturated rings. The predicted molar refractivity (Wildman–Crippen MR) is 113 cm³/mol. The molecule has 1 amide bonds. The molecule has 0 aliphatic carbocycles. The highest BCUT2D eigenvalue weighted by atomic mass is 79.9. The van der Waals surface area contributed by atoms with Crippen LogP contribution in [0.2, 0.25) is 0 Å². The highest BCUT2D eigenvalue weighted by Gasteiger charge is 2.03. The SMILES string of the molecule is CCCCOc1ccc(C=NNC(=O)CSCc2ccccc2Br)cc1. The van der Waals surface area contributed by atoms with Crippen molar-refractivity contribution in [3.05, 3.63) is 64.1 Å². The Morgan fingerprint density at radius 3 is 2.73 bits per heavy atom. The van der Waals surface area contributed by atoms with E-state index in [-0.39, 0.29) is 5.91 Å². The van der Waals surface area contributed by atoms with E-state index in [0.29, 0.717) is 5.75 Å². The van der Waals surface area contributed by atoms with Crippen molar-refractivity contribution in [3.8, 4) is 5.75 Å². The number of carbonyl (C=O) groups excluding carboxylic acids is 1. The largest absolute Gasteiger partial charge is 0.494 e. The minimum Gasteiger partial charge on any atom is -0.494 e. The quantitative estimate of drug-likeness (QED) is 0.324. The van der Waals surface area contributed by atoms with Gasteiger partial charge in [0.25, 0.3) is 0 Å². The Hall–Kier alpha value is -1.79. The van der Waals surface area contributed by atoms with Crippen LogP contribution < -0.4 is 10.2 Å². The fourth-order valence-electron chi connectivity index (χ4n) is 2.06. The third-order valence-electron chi connectivity index (χ3n) is 3.50. The normalized spacial score (nSPS) is 10.8. The predicted octanol–water partition coefficient (Wildman–Crippen LogP) is 5.01. The summed E-state index contributed by atoms with van der Waals surface area (Å²) in [6.07, 6.45) is 3.80. The number of amides is 1. The zero-order chi connectivity index (χ0) is 18.6. The number of unbranched alkanes of at least 4 members (excludes halogenated alkanes) is 1. The van der Waals surface area contributed by atoms with Crippen molar-refractivity contribution in [1.82, 2.24) is 5.43 Å². The van der Waals surface area contributed by atoms with Crippen LogP contribution in [0.15, 0.2) is 58.1 Å². The van der Waals surface area contributed by atoms with Gasteiger partial charge in [0, 0.05) is 10.2 Å². The molecular formula is C20H23BrN2O2S. The van der Waals surface area contributed by atoms with Gasteiger partial charge >= 0.3 is 0 Å². The maximum atomic E-state index is 11.8. The first-order valence-electron chi connectivity index (χ1n) is 8.55. The molecule has 0 saturated heterocycles. The number of hydrogen-bond donors (Lipinski definition) is 1. The van der Waals surface area contributed by atoms with Crippen LogP contribution in [-0.4, -0.2) is 24.5 Å². The van der Waals surface area contributed by atoms with E-state index in [1.54, 1.807) is 18.0 Å². The summed E-state index contributed by atoms with van der Waals surface area (Å²) < 4.78 is 6.68. The van der Waals surface area contributed by atoms with E-state index in [1.165, 1.54) is 5.56 Å². The lowest BCUT2D eigenvalue weighted by molar-refractivity contribution is -0.118. The minimum absolute atomic E-state index is 0.113. The lowest BCUT2D eigenvalue weighted by Gasteiger charge is -2.05. The third-order valence-corrected chi connectivity index (χ3v) is 5.25. The Morgan fingerprint density at radius 2 is 2.00 bits per heavy atom. The summed E-state index contributed by atoms with van der Waals surface area (Å²) in [5, 5.41) is 4.00. The minimum atomic E-state index is -0.113. The number of nitrogens with one attached hydrogen (secondary N) is 1. The van der Waals surface area contributed by atoms with E-state index >= 15 is 0 Å². The molecule has 0 atom stereocenters. The van der Waals surface area contributed by atoms with Crippen molar-refractivity contribution >= 4 is 39.8 Å². The smallest absolute Gasteiger partial charge is 0.250 e. The summed E-state index contributed by atoms with van der Waals surface area (Å²) in [7, 11) is 0. The molecule has 0 aliphatic heterocycles. The number of nitrogens with zero attached hydrogens (tertiary/aromatic N) is 1. The summed E-state index contributed by atoms with van der Waals surface area (Å²) in [6.45, 7) is 2.87. The molecule has 0 aliphatic rings. The van der Waals surface area contributed by atoms with Crippen molar-refractivity contribution in [3.63, 3.8) is 0 Å². The average Bonchev–Trinajstić information content (AvgIpc) is 2.65. The van der Waals surface area contributed by atoms with Crippen LogP contribution in [0.5, 0.6) is 5.75 Å². The summed E-state index contributed by atoms with van der Waals surface area (Å²) in [5.74, 6) is 1.88. The Morgan fingerprint density at radius 1 is 1.23 bits per heavy atom. The average molecular weight is 435 g/mol. The van der Waals surface area contributed by atoms with Gasteiger partial charge in [-0.3, -0.25) is 4.79 Å². The molecule has 138 valence electrons. The summed E-state index contributed by atoms with van der Waals surface area (Å²) in [6, 6.07) is 15.7. The zero-order valence-electron chi connectivity index (χ0n) is 14.8. The van der Waals surface area contributed by atoms with Gasteiger partial charge in [-0.2, -0.15) is 5.10 Å². The monoisotopic (exact) mass is 434 g/mol. The topological polar surface area (TPSA) is 50.7 Å². The van der Waals surface area contributed by atoms with Crippen LogP contribution in [-0.2, 0) is 10.5 Å². The van der Waals surface area contributed by atoms with Crippen LogP contribution in [0.4, 0.5) is 0 Å². The van der Waals surface area contributed by atoms with E-state index < -0.39 is 0 Å². The van der Waals surface area contributed by atoms with E-state index in [4.69, 9.17) is 4.74 Å². The van der Waals surface area contributed by atoms with Gasteiger partial charge in [-0.05, 0) is 47.9 Å². The second kappa shape index (κ2) is 11.8. The first kappa shape index (κ1) is 20.5. The molecule has 1 N–H and O–H groups in total. The number of thioether (sulfide) groups is 1. The lowest BCUT2D eigenvalue weighted by atomic mass is 10.2.